The molecular weight excluding hydrogens is 463 g/mol. The van der Waals surface area contributed by atoms with Gasteiger partial charge in [0.1, 0.15) is 12.7 Å². The third-order valence-electron chi connectivity index (χ3n) is 5.56. The van der Waals surface area contributed by atoms with Gasteiger partial charge in [0.2, 0.25) is 0 Å². The third kappa shape index (κ3) is 4.57. The van der Waals surface area contributed by atoms with Gasteiger partial charge in [-0.25, -0.2) is 19.2 Å². The van der Waals surface area contributed by atoms with E-state index in [0.717, 1.165) is 0 Å². The molecule has 0 unspecified atom stereocenters. The van der Waals surface area contributed by atoms with Crippen LogP contribution in [0.15, 0.2) is 35.3 Å². The lowest BCUT2D eigenvalue weighted by Crippen LogP contribution is -2.33. The molecule has 2 aromatic heterocycles. The fraction of sp³-hybridized carbons (Fsp3) is 0.318. The quantitative estimate of drug-likeness (QED) is 0.467. The standard InChI is InChI=1S/C22H21FN6O6/c1-28-15-7-14(23)16(6-12(15)2-3-19(28)31)33-5-4-24-8-13-10-29(22(32)35-13)17-9-25-21-20(26-17)27-18(30)11-34-21/h2-3,6-7,9,13,24H,4-5,8,10-11H2,1H3,(H,26,27,30)/t13-/m0/s1. The largest absolute Gasteiger partial charge is 0.489 e. The highest BCUT2D eigenvalue weighted by atomic mass is 19.1. The van der Waals surface area contributed by atoms with Crippen LogP contribution in [0.2, 0.25) is 0 Å². The number of hydrogen-bond acceptors (Lipinski definition) is 9. The van der Waals surface area contributed by atoms with Gasteiger partial charge in [-0.15, -0.1) is 0 Å². The van der Waals surface area contributed by atoms with Gasteiger partial charge in [-0.1, -0.05) is 0 Å². The maximum atomic E-state index is 14.4. The molecule has 1 saturated heterocycles. The van der Waals surface area contributed by atoms with Crippen molar-refractivity contribution in [2.75, 3.05) is 43.1 Å². The van der Waals surface area contributed by atoms with E-state index in [1.807, 2.05) is 0 Å². The van der Waals surface area contributed by atoms with E-state index in [9.17, 15) is 18.8 Å². The van der Waals surface area contributed by atoms with Gasteiger partial charge in [0.25, 0.3) is 17.3 Å². The molecule has 0 spiro atoms. The molecule has 0 aliphatic carbocycles. The van der Waals surface area contributed by atoms with Gasteiger partial charge in [-0.05, 0) is 12.1 Å². The molecule has 2 N–H and O–H groups in total. The van der Waals surface area contributed by atoms with Crippen molar-refractivity contribution in [2.24, 2.45) is 7.05 Å². The van der Waals surface area contributed by atoms with Crippen molar-refractivity contribution in [2.45, 2.75) is 6.10 Å². The van der Waals surface area contributed by atoms with Crippen molar-refractivity contribution in [1.82, 2.24) is 19.9 Å². The Kier molecular flexibility index (Phi) is 5.91. The number of nitrogens with zero attached hydrogens (tertiary/aromatic N) is 4. The lowest BCUT2D eigenvalue weighted by Gasteiger charge is -2.18. The van der Waals surface area contributed by atoms with Gasteiger partial charge in [-0.2, -0.15) is 0 Å². The average molecular weight is 484 g/mol. The summed E-state index contributed by atoms with van der Waals surface area (Å²) in [5.74, 6) is -0.272. The molecule has 13 heteroatoms. The fourth-order valence-corrected chi connectivity index (χ4v) is 3.78. The van der Waals surface area contributed by atoms with Crippen LogP contribution in [0.1, 0.15) is 0 Å². The normalized spacial score (nSPS) is 17.1. The van der Waals surface area contributed by atoms with E-state index in [1.54, 1.807) is 19.2 Å². The number of rotatable bonds is 7. The summed E-state index contributed by atoms with van der Waals surface area (Å²) in [5.41, 5.74) is 0.256. The van der Waals surface area contributed by atoms with Crippen LogP contribution in [0, 0.1) is 5.82 Å². The van der Waals surface area contributed by atoms with E-state index in [-0.39, 0.29) is 54.5 Å². The van der Waals surface area contributed by atoms with Gasteiger partial charge < -0.3 is 29.4 Å². The molecule has 1 atom stereocenters. The van der Waals surface area contributed by atoms with Crippen LogP contribution in [0.25, 0.3) is 10.9 Å². The molecule has 0 radical (unpaired) electrons. The summed E-state index contributed by atoms with van der Waals surface area (Å²) in [5, 5.41) is 6.34. The number of carbonyl (C=O) groups excluding carboxylic acids is 2. The summed E-state index contributed by atoms with van der Waals surface area (Å²) in [6, 6.07) is 5.86. The summed E-state index contributed by atoms with van der Waals surface area (Å²) in [7, 11) is 1.58. The number of cyclic esters (lactones) is 1. The molecule has 1 aromatic carbocycles. The number of anilines is 2. The minimum atomic E-state index is -0.585. The Hall–Kier alpha value is -4.26. The number of fused-ring (bicyclic) bond motifs is 2. The van der Waals surface area contributed by atoms with Crippen molar-refractivity contribution in [3.63, 3.8) is 0 Å². The smallest absolute Gasteiger partial charge is 0.416 e. The lowest BCUT2D eigenvalue weighted by molar-refractivity contribution is -0.118. The Morgan fingerprint density at radius 1 is 1.29 bits per heavy atom. The van der Waals surface area contributed by atoms with Crippen LogP contribution in [0.4, 0.5) is 20.8 Å². The Balaban J connectivity index is 1.12. The number of benzene rings is 1. The van der Waals surface area contributed by atoms with E-state index in [4.69, 9.17) is 14.2 Å². The molecule has 0 saturated carbocycles. The first-order valence-electron chi connectivity index (χ1n) is 10.8. The van der Waals surface area contributed by atoms with E-state index in [2.05, 4.69) is 20.6 Å². The highest BCUT2D eigenvalue weighted by molar-refractivity contribution is 5.94. The van der Waals surface area contributed by atoms with Crippen LogP contribution in [0.5, 0.6) is 11.6 Å². The number of carbonyl (C=O) groups is 2. The number of amides is 2. The molecule has 35 heavy (non-hydrogen) atoms. The van der Waals surface area contributed by atoms with Gasteiger partial charge in [-0.3, -0.25) is 14.5 Å². The van der Waals surface area contributed by atoms with E-state index in [0.29, 0.717) is 24.0 Å². The zero-order valence-electron chi connectivity index (χ0n) is 18.6. The van der Waals surface area contributed by atoms with Crippen molar-refractivity contribution < 1.29 is 28.2 Å². The van der Waals surface area contributed by atoms with Crippen LogP contribution in [-0.2, 0) is 16.6 Å². The average Bonchev–Trinajstić information content (AvgIpc) is 3.21. The number of aryl methyl sites for hydroxylation is 1. The highest BCUT2D eigenvalue weighted by Gasteiger charge is 2.34. The summed E-state index contributed by atoms with van der Waals surface area (Å²) in [6.07, 6.45) is 0.333. The number of aromatic nitrogens is 3. The van der Waals surface area contributed by atoms with Crippen LogP contribution in [-0.4, -0.2) is 65.5 Å². The summed E-state index contributed by atoms with van der Waals surface area (Å²) in [4.78, 5) is 45.1. The second-order valence-corrected chi connectivity index (χ2v) is 7.96. The summed E-state index contributed by atoms with van der Waals surface area (Å²) >= 11 is 0. The summed E-state index contributed by atoms with van der Waals surface area (Å²) < 4.78 is 31.8. The molecule has 12 nitrogen and oxygen atoms in total. The third-order valence-corrected chi connectivity index (χ3v) is 5.56. The number of pyridine rings is 1. The molecule has 5 rings (SSSR count). The zero-order valence-corrected chi connectivity index (χ0v) is 18.6. The Bertz CT molecular complexity index is 1380. The van der Waals surface area contributed by atoms with Crippen molar-refractivity contribution in [1.29, 1.82) is 0 Å². The Labute approximate surface area is 197 Å². The van der Waals surface area contributed by atoms with Crippen LogP contribution < -0.4 is 30.6 Å². The molecule has 0 bridgehead atoms. The molecule has 3 aromatic rings. The van der Waals surface area contributed by atoms with Gasteiger partial charge >= 0.3 is 6.09 Å². The molecule has 2 aliphatic heterocycles. The summed E-state index contributed by atoms with van der Waals surface area (Å²) in [6.45, 7) is 0.979. The predicted molar refractivity (Wildman–Crippen MR) is 121 cm³/mol. The molecule has 4 heterocycles. The SMILES string of the molecule is Cn1c(=O)ccc2cc(OCCNC[C@H]3CN(c4cnc5c(n4)NC(=O)CO5)C(=O)O3)c(F)cc21. The van der Waals surface area contributed by atoms with Crippen molar-refractivity contribution >= 4 is 34.5 Å². The second-order valence-electron chi connectivity index (χ2n) is 7.96. The molecule has 1 fully saturated rings. The molecule has 2 amide bonds. The van der Waals surface area contributed by atoms with Gasteiger partial charge in [0.05, 0.1) is 18.3 Å². The topological polar surface area (TPSA) is 137 Å². The molecule has 2 aliphatic rings. The number of hydrogen-bond donors (Lipinski definition) is 2. The fourth-order valence-electron chi connectivity index (χ4n) is 3.78. The van der Waals surface area contributed by atoms with E-state index < -0.39 is 18.0 Å². The van der Waals surface area contributed by atoms with Gasteiger partial charge in [0, 0.05) is 37.7 Å². The second kappa shape index (κ2) is 9.18. The van der Waals surface area contributed by atoms with Crippen molar-refractivity contribution in [3.8, 4) is 11.6 Å². The highest BCUT2D eigenvalue weighted by Crippen LogP contribution is 2.27. The first-order chi connectivity index (χ1) is 16.9. The Morgan fingerprint density at radius 3 is 3.00 bits per heavy atom. The van der Waals surface area contributed by atoms with Gasteiger partial charge in [0.15, 0.2) is 29.8 Å². The Morgan fingerprint density at radius 2 is 2.14 bits per heavy atom. The zero-order chi connectivity index (χ0) is 24.5. The first-order valence-corrected chi connectivity index (χ1v) is 10.8. The maximum absolute atomic E-state index is 14.4. The molecule has 182 valence electrons. The molecular formula is C22H21FN6O6. The monoisotopic (exact) mass is 484 g/mol. The minimum Gasteiger partial charge on any atom is -0.489 e. The predicted octanol–water partition coefficient (Wildman–Crippen LogP) is 0.792. The maximum Gasteiger partial charge on any atom is 0.416 e. The van der Waals surface area contributed by atoms with E-state index in [1.165, 1.54) is 27.8 Å². The van der Waals surface area contributed by atoms with Crippen LogP contribution in [0.3, 0.4) is 0 Å². The minimum absolute atomic E-state index is 0.0819. The van der Waals surface area contributed by atoms with Crippen LogP contribution >= 0.6 is 0 Å². The first kappa shape index (κ1) is 22.5. The van der Waals surface area contributed by atoms with E-state index >= 15 is 0 Å². The van der Waals surface area contributed by atoms with Crippen molar-refractivity contribution in [3.05, 3.63) is 46.6 Å². The number of nitrogens with one attached hydrogen (secondary N) is 2. The lowest BCUT2D eigenvalue weighted by atomic mass is 10.2. The number of ether oxygens (including phenoxy) is 3. The number of halogens is 1.